The first-order valence-electron chi connectivity index (χ1n) is 7.27. The number of aryl methyl sites for hydroxylation is 1. The van der Waals surface area contributed by atoms with Crippen LogP contribution < -0.4 is 5.73 Å². The average Bonchev–Trinajstić information content (AvgIpc) is 2.40. The third-order valence-corrected chi connectivity index (χ3v) is 5.49. The molecule has 0 heterocycles. The largest absolute Gasteiger partial charge is 0.320 e. The summed E-state index contributed by atoms with van der Waals surface area (Å²) < 4.78 is 1.13. The predicted molar refractivity (Wildman–Crippen MR) is 87.9 cm³/mol. The van der Waals surface area contributed by atoms with E-state index in [4.69, 9.17) is 5.73 Å². The van der Waals surface area contributed by atoms with E-state index in [2.05, 4.69) is 65.3 Å². The fourth-order valence-electron chi connectivity index (χ4n) is 2.84. The Kier molecular flexibility index (Phi) is 3.95. The van der Waals surface area contributed by atoms with E-state index >= 15 is 0 Å². The fourth-order valence-corrected chi connectivity index (χ4v) is 3.35. The molecule has 0 amide bonds. The van der Waals surface area contributed by atoms with Gasteiger partial charge in [0.15, 0.2) is 0 Å². The third-order valence-electron chi connectivity index (χ3n) is 4.40. The summed E-state index contributed by atoms with van der Waals surface area (Å²) in [6, 6.07) is 15.0. The van der Waals surface area contributed by atoms with E-state index in [-0.39, 0.29) is 6.04 Å². The smallest absolute Gasteiger partial charge is 0.0563 e. The van der Waals surface area contributed by atoms with Crippen LogP contribution >= 0.6 is 15.9 Å². The average molecular weight is 330 g/mol. The van der Waals surface area contributed by atoms with Crippen molar-refractivity contribution in [1.82, 2.24) is 0 Å². The van der Waals surface area contributed by atoms with Crippen molar-refractivity contribution in [3.05, 3.63) is 69.2 Å². The van der Waals surface area contributed by atoms with Crippen LogP contribution in [0.4, 0.5) is 0 Å². The molecule has 0 aromatic heterocycles. The highest BCUT2D eigenvalue weighted by Gasteiger charge is 2.21. The zero-order valence-electron chi connectivity index (χ0n) is 11.8. The van der Waals surface area contributed by atoms with Crippen LogP contribution in [-0.2, 0) is 0 Å². The minimum Gasteiger partial charge on any atom is -0.320 e. The van der Waals surface area contributed by atoms with Gasteiger partial charge in [0.1, 0.15) is 0 Å². The molecule has 2 N–H and O–H groups in total. The van der Waals surface area contributed by atoms with Gasteiger partial charge in [-0.2, -0.15) is 0 Å². The molecule has 104 valence electrons. The van der Waals surface area contributed by atoms with Gasteiger partial charge in [-0.1, -0.05) is 64.8 Å². The maximum Gasteiger partial charge on any atom is 0.0563 e. The molecule has 0 spiro atoms. The summed E-state index contributed by atoms with van der Waals surface area (Å²) in [7, 11) is 0. The van der Waals surface area contributed by atoms with Crippen LogP contribution in [0.3, 0.4) is 0 Å². The van der Waals surface area contributed by atoms with Crippen LogP contribution in [0, 0.1) is 6.92 Å². The number of hydrogen-bond acceptors (Lipinski definition) is 1. The molecule has 2 aromatic carbocycles. The van der Waals surface area contributed by atoms with Gasteiger partial charge in [-0.3, -0.25) is 0 Å². The standard InChI is InChI=1S/C18H20BrN/c1-12-5-2-10-16(17(12)19)18(20)15-9-4-8-14(11-15)13-6-3-7-13/h2,4-5,8-11,13,18H,3,6-7,20H2,1H3. The summed E-state index contributed by atoms with van der Waals surface area (Å²) in [5.74, 6) is 0.753. The molecule has 0 bridgehead atoms. The molecule has 20 heavy (non-hydrogen) atoms. The van der Waals surface area contributed by atoms with Crippen LogP contribution in [0.25, 0.3) is 0 Å². The Hall–Kier alpha value is -1.12. The maximum atomic E-state index is 6.48. The van der Waals surface area contributed by atoms with Crippen LogP contribution in [0.1, 0.15) is 53.5 Å². The lowest BCUT2D eigenvalue weighted by Gasteiger charge is -2.27. The van der Waals surface area contributed by atoms with Crippen molar-refractivity contribution >= 4 is 15.9 Å². The second-order valence-electron chi connectivity index (χ2n) is 5.75. The van der Waals surface area contributed by atoms with E-state index in [1.54, 1.807) is 0 Å². The number of rotatable bonds is 3. The Morgan fingerprint density at radius 1 is 1.15 bits per heavy atom. The van der Waals surface area contributed by atoms with E-state index in [1.165, 1.54) is 36.0 Å². The van der Waals surface area contributed by atoms with Crippen molar-refractivity contribution < 1.29 is 0 Å². The zero-order valence-corrected chi connectivity index (χ0v) is 13.4. The minimum atomic E-state index is -0.0655. The fraction of sp³-hybridized carbons (Fsp3) is 0.333. The van der Waals surface area contributed by atoms with Gasteiger partial charge in [0.05, 0.1) is 6.04 Å². The summed E-state index contributed by atoms with van der Waals surface area (Å²) in [6.07, 6.45) is 4.02. The molecule has 1 aliphatic rings. The first-order chi connectivity index (χ1) is 9.66. The molecule has 0 saturated heterocycles. The summed E-state index contributed by atoms with van der Waals surface area (Å²) in [5.41, 5.74) is 11.5. The van der Waals surface area contributed by atoms with Gasteiger partial charge < -0.3 is 5.73 Å². The highest BCUT2D eigenvalue weighted by atomic mass is 79.9. The SMILES string of the molecule is Cc1cccc(C(N)c2cccc(C3CCC3)c2)c1Br. The molecule has 1 saturated carbocycles. The zero-order chi connectivity index (χ0) is 14.1. The topological polar surface area (TPSA) is 26.0 Å². The molecule has 1 fully saturated rings. The van der Waals surface area contributed by atoms with Crippen molar-refractivity contribution in [2.24, 2.45) is 5.73 Å². The van der Waals surface area contributed by atoms with E-state index in [0.29, 0.717) is 0 Å². The van der Waals surface area contributed by atoms with Gasteiger partial charge in [-0.05, 0) is 47.9 Å². The Balaban J connectivity index is 1.93. The summed E-state index contributed by atoms with van der Waals surface area (Å²) >= 11 is 3.67. The van der Waals surface area contributed by atoms with E-state index in [1.807, 2.05) is 0 Å². The van der Waals surface area contributed by atoms with Gasteiger partial charge in [0.25, 0.3) is 0 Å². The van der Waals surface area contributed by atoms with Crippen LogP contribution in [0.15, 0.2) is 46.9 Å². The van der Waals surface area contributed by atoms with E-state index < -0.39 is 0 Å². The van der Waals surface area contributed by atoms with Crippen LogP contribution in [0.2, 0.25) is 0 Å². The van der Waals surface area contributed by atoms with Gasteiger partial charge in [0, 0.05) is 4.47 Å². The van der Waals surface area contributed by atoms with Crippen molar-refractivity contribution in [3.8, 4) is 0 Å². The molecule has 1 atom stereocenters. The van der Waals surface area contributed by atoms with Crippen LogP contribution in [0.5, 0.6) is 0 Å². The molecule has 0 aliphatic heterocycles. The molecule has 2 aromatic rings. The molecule has 3 rings (SSSR count). The number of benzene rings is 2. The molecule has 1 nitrogen and oxygen atoms in total. The Labute approximate surface area is 129 Å². The lowest BCUT2D eigenvalue weighted by molar-refractivity contribution is 0.419. The summed E-state index contributed by atoms with van der Waals surface area (Å²) in [4.78, 5) is 0. The summed E-state index contributed by atoms with van der Waals surface area (Å²) in [5, 5.41) is 0. The van der Waals surface area contributed by atoms with E-state index in [9.17, 15) is 0 Å². The lowest BCUT2D eigenvalue weighted by atomic mass is 9.79. The highest BCUT2D eigenvalue weighted by Crippen LogP contribution is 2.37. The third kappa shape index (κ3) is 2.55. The lowest BCUT2D eigenvalue weighted by Crippen LogP contribution is -2.14. The molecule has 0 radical (unpaired) electrons. The Morgan fingerprint density at radius 2 is 1.90 bits per heavy atom. The molecule has 1 unspecified atom stereocenters. The highest BCUT2D eigenvalue weighted by molar-refractivity contribution is 9.10. The molecule has 1 aliphatic carbocycles. The number of hydrogen-bond donors (Lipinski definition) is 1. The second-order valence-corrected chi connectivity index (χ2v) is 6.55. The molecular weight excluding hydrogens is 310 g/mol. The number of nitrogens with two attached hydrogens (primary N) is 1. The van der Waals surface area contributed by atoms with Crippen molar-refractivity contribution in [3.63, 3.8) is 0 Å². The van der Waals surface area contributed by atoms with E-state index in [0.717, 1.165) is 16.0 Å². The van der Waals surface area contributed by atoms with Gasteiger partial charge in [0.2, 0.25) is 0 Å². The van der Waals surface area contributed by atoms with Crippen LogP contribution in [-0.4, -0.2) is 0 Å². The van der Waals surface area contributed by atoms with Crippen molar-refractivity contribution in [2.45, 2.75) is 38.1 Å². The predicted octanol–water partition coefficient (Wildman–Crippen LogP) is 5.07. The van der Waals surface area contributed by atoms with Crippen molar-refractivity contribution in [1.29, 1.82) is 0 Å². The molecular formula is C18H20BrN. The molecule has 2 heteroatoms. The minimum absolute atomic E-state index is 0.0655. The maximum absolute atomic E-state index is 6.48. The Bertz CT molecular complexity index is 617. The van der Waals surface area contributed by atoms with Gasteiger partial charge in [-0.15, -0.1) is 0 Å². The van der Waals surface area contributed by atoms with Crippen molar-refractivity contribution in [2.75, 3.05) is 0 Å². The van der Waals surface area contributed by atoms with Gasteiger partial charge >= 0.3 is 0 Å². The normalized spacial score (nSPS) is 16.8. The second kappa shape index (κ2) is 5.71. The van der Waals surface area contributed by atoms with Gasteiger partial charge in [-0.25, -0.2) is 0 Å². The Morgan fingerprint density at radius 3 is 2.60 bits per heavy atom. The number of halogens is 1. The monoisotopic (exact) mass is 329 g/mol. The first-order valence-corrected chi connectivity index (χ1v) is 8.06. The summed E-state index contributed by atoms with van der Waals surface area (Å²) in [6.45, 7) is 2.10. The quantitative estimate of drug-likeness (QED) is 0.835. The first kappa shape index (κ1) is 13.8.